The molecule has 0 aromatic heterocycles. The van der Waals surface area contributed by atoms with E-state index in [0.717, 1.165) is 51.0 Å². The third-order valence-corrected chi connectivity index (χ3v) is 4.58. The summed E-state index contributed by atoms with van der Waals surface area (Å²) in [5.41, 5.74) is 0.367. The molecule has 1 aromatic carbocycles. The van der Waals surface area contributed by atoms with Gasteiger partial charge >= 0.3 is 0 Å². The number of likely N-dealkylation sites (tertiary alicyclic amines) is 1. The van der Waals surface area contributed by atoms with Crippen molar-refractivity contribution in [1.29, 1.82) is 0 Å². The van der Waals surface area contributed by atoms with Crippen LogP contribution in [0.4, 0.5) is 8.78 Å². The molecule has 1 aliphatic heterocycles. The predicted molar refractivity (Wildman–Crippen MR) is 103 cm³/mol. The van der Waals surface area contributed by atoms with Crippen LogP contribution >= 0.6 is 0 Å². The summed E-state index contributed by atoms with van der Waals surface area (Å²) in [5.74, 6) is -0.115. The fourth-order valence-corrected chi connectivity index (χ4v) is 3.32. The summed E-state index contributed by atoms with van der Waals surface area (Å²) < 4.78 is 27.0. The van der Waals surface area contributed by atoms with Crippen LogP contribution in [0.1, 0.15) is 39.2 Å². The van der Waals surface area contributed by atoms with Crippen molar-refractivity contribution >= 4 is 5.96 Å². The minimum Gasteiger partial charge on any atom is -0.357 e. The van der Waals surface area contributed by atoms with Gasteiger partial charge in [-0.25, -0.2) is 8.78 Å². The van der Waals surface area contributed by atoms with Gasteiger partial charge in [-0.1, -0.05) is 26.0 Å². The molecule has 0 radical (unpaired) electrons. The van der Waals surface area contributed by atoms with Crippen LogP contribution in [0, 0.1) is 17.6 Å². The topological polar surface area (TPSA) is 39.7 Å². The van der Waals surface area contributed by atoms with Gasteiger partial charge in [0.1, 0.15) is 0 Å². The van der Waals surface area contributed by atoms with Gasteiger partial charge in [-0.2, -0.15) is 0 Å². The van der Waals surface area contributed by atoms with E-state index in [1.807, 2.05) is 6.92 Å². The zero-order valence-electron chi connectivity index (χ0n) is 16.2. The van der Waals surface area contributed by atoms with E-state index in [2.05, 4.69) is 34.4 Å². The van der Waals surface area contributed by atoms with Crippen LogP contribution in [0.3, 0.4) is 0 Å². The summed E-state index contributed by atoms with van der Waals surface area (Å²) in [7, 11) is 0. The molecule has 0 amide bonds. The first kappa shape index (κ1) is 20.6. The first-order valence-corrected chi connectivity index (χ1v) is 9.69. The highest BCUT2D eigenvalue weighted by atomic mass is 19.2. The number of nitrogens with zero attached hydrogens (tertiary/aromatic N) is 2. The monoisotopic (exact) mass is 366 g/mol. The lowest BCUT2D eigenvalue weighted by molar-refractivity contribution is 0.187. The normalized spacial score (nSPS) is 16.9. The van der Waals surface area contributed by atoms with E-state index < -0.39 is 11.6 Å². The van der Waals surface area contributed by atoms with E-state index in [9.17, 15) is 8.78 Å². The molecular weight excluding hydrogens is 334 g/mol. The van der Waals surface area contributed by atoms with Crippen LogP contribution in [0.25, 0.3) is 0 Å². The van der Waals surface area contributed by atoms with Gasteiger partial charge in [0.15, 0.2) is 17.6 Å². The molecule has 0 unspecified atom stereocenters. The van der Waals surface area contributed by atoms with Gasteiger partial charge in [-0.15, -0.1) is 0 Å². The molecule has 1 aliphatic rings. The van der Waals surface area contributed by atoms with E-state index in [1.54, 1.807) is 6.07 Å². The van der Waals surface area contributed by atoms with Gasteiger partial charge < -0.3 is 15.5 Å². The van der Waals surface area contributed by atoms with E-state index >= 15 is 0 Å². The lowest BCUT2D eigenvalue weighted by Gasteiger charge is -2.34. The highest BCUT2D eigenvalue weighted by Gasteiger charge is 2.20. The van der Waals surface area contributed by atoms with Crippen LogP contribution < -0.4 is 10.6 Å². The molecule has 0 spiro atoms. The molecule has 2 N–H and O–H groups in total. The second-order valence-corrected chi connectivity index (χ2v) is 7.34. The number of hydrogen-bond donors (Lipinski definition) is 2. The lowest BCUT2D eigenvalue weighted by atomic mass is 10.0. The largest absolute Gasteiger partial charge is 0.357 e. The summed E-state index contributed by atoms with van der Waals surface area (Å²) in [5, 5.41) is 6.73. The van der Waals surface area contributed by atoms with Crippen LogP contribution in [-0.2, 0) is 6.42 Å². The summed E-state index contributed by atoms with van der Waals surface area (Å²) in [6, 6.07) is 4.69. The maximum absolute atomic E-state index is 13.7. The minimum absolute atomic E-state index is 0.367. The van der Waals surface area contributed by atoms with Crippen LogP contribution in [0.15, 0.2) is 23.2 Å². The molecule has 6 heteroatoms. The van der Waals surface area contributed by atoms with Crippen molar-refractivity contribution in [3.8, 4) is 0 Å². The molecule has 4 nitrogen and oxygen atoms in total. The lowest BCUT2D eigenvalue weighted by Crippen LogP contribution is -2.49. The molecule has 1 fully saturated rings. The van der Waals surface area contributed by atoms with Crippen molar-refractivity contribution in [2.45, 2.75) is 46.1 Å². The van der Waals surface area contributed by atoms with Gasteiger partial charge in [0.05, 0.1) is 0 Å². The Balaban J connectivity index is 1.84. The van der Waals surface area contributed by atoms with E-state index in [1.165, 1.54) is 6.07 Å². The number of guanidine groups is 1. The van der Waals surface area contributed by atoms with Gasteiger partial charge in [0.2, 0.25) is 0 Å². The highest BCUT2D eigenvalue weighted by molar-refractivity contribution is 5.80. The fraction of sp³-hybridized carbons (Fsp3) is 0.650. The molecule has 2 rings (SSSR count). The quantitative estimate of drug-likeness (QED) is 0.575. The average molecular weight is 367 g/mol. The summed E-state index contributed by atoms with van der Waals surface area (Å²) in [6.45, 7) is 11.1. The minimum atomic E-state index is -0.801. The Morgan fingerprint density at radius 3 is 2.65 bits per heavy atom. The number of nitrogens with one attached hydrogen (secondary N) is 2. The molecule has 1 heterocycles. The number of rotatable bonds is 7. The molecule has 0 bridgehead atoms. The van der Waals surface area contributed by atoms with Crippen LogP contribution in [0.5, 0.6) is 0 Å². The highest BCUT2D eigenvalue weighted by Crippen LogP contribution is 2.13. The van der Waals surface area contributed by atoms with Crippen molar-refractivity contribution < 1.29 is 8.78 Å². The molecular formula is C20H32F2N4. The first-order chi connectivity index (χ1) is 12.5. The molecule has 0 atom stereocenters. The van der Waals surface area contributed by atoms with Crippen molar-refractivity contribution in [3.05, 3.63) is 35.4 Å². The summed E-state index contributed by atoms with van der Waals surface area (Å²) in [4.78, 5) is 7.05. The Labute approximate surface area is 156 Å². The second-order valence-electron chi connectivity index (χ2n) is 7.34. The molecule has 0 aliphatic carbocycles. The number of aliphatic imine (C=N–C) groups is 1. The van der Waals surface area contributed by atoms with E-state index in [0.29, 0.717) is 30.5 Å². The van der Waals surface area contributed by atoms with Crippen molar-refractivity contribution in [2.24, 2.45) is 10.9 Å². The maximum Gasteiger partial charge on any atom is 0.191 e. The Hall–Kier alpha value is -1.69. The summed E-state index contributed by atoms with van der Waals surface area (Å²) >= 11 is 0. The van der Waals surface area contributed by atoms with Crippen molar-refractivity contribution in [3.63, 3.8) is 0 Å². The average Bonchev–Trinajstić information content (AvgIpc) is 2.60. The Morgan fingerprint density at radius 1 is 1.27 bits per heavy atom. The van der Waals surface area contributed by atoms with Crippen LogP contribution in [0.2, 0.25) is 0 Å². The summed E-state index contributed by atoms with van der Waals surface area (Å²) in [6.07, 6.45) is 2.57. The molecule has 146 valence electrons. The van der Waals surface area contributed by atoms with Crippen LogP contribution in [-0.4, -0.2) is 49.6 Å². The number of hydrogen-bond acceptors (Lipinski definition) is 2. The predicted octanol–water partition coefficient (Wildman–Crippen LogP) is 3.18. The third kappa shape index (κ3) is 6.56. The molecule has 0 saturated carbocycles. The number of piperidine rings is 1. The van der Waals surface area contributed by atoms with Crippen molar-refractivity contribution in [1.82, 2.24) is 15.5 Å². The van der Waals surface area contributed by atoms with E-state index in [-0.39, 0.29) is 0 Å². The fourth-order valence-electron chi connectivity index (χ4n) is 3.32. The SMILES string of the molecule is CCNC(=NCCc1cccc(F)c1F)NC1CCN(CC(C)C)CC1. The van der Waals surface area contributed by atoms with Gasteiger partial charge in [0, 0.05) is 38.8 Å². The maximum atomic E-state index is 13.7. The Morgan fingerprint density at radius 2 is 2.00 bits per heavy atom. The first-order valence-electron chi connectivity index (χ1n) is 9.69. The number of benzene rings is 1. The smallest absolute Gasteiger partial charge is 0.191 e. The Bertz CT molecular complexity index is 581. The molecule has 26 heavy (non-hydrogen) atoms. The van der Waals surface area contributed by atoms with E-state index in [4.69, 9.17) is 0 Å². The van der Waals surface area contributed by atoms with Crippen molar-refractivity contribution in [2.75, 3.05) is 32.7 Å². The Kier molecular flexibility index (Phi) is 8.29. The zero-order valence-corrected chi connectivity index (χ0v) is 16.2. The standard InChI is InChI=1S/C20H32F2N4/c1-4-23-20(24-11-8-16-6-5-7-18(21)19(16)22)25-17-9-12-26(13-10-17)14-15(2)3/h5-7,15,17H,4,8-14H2,1-3H3,(H2,23,24,25). The van der Waals surface area contributed by atoms with Gasteiger partial charge in [-0.05, 0) is 43.7 Å². The molecule has 1 aromatic rings. The second kappa shape index (κ2) is 10.5. The third-order valence-electron chi connectivity index (χ3n) is 4.58. The molecule has 1 saturated heterocycles. The van der Waals surface area contributed by atoms with Gasteiger partial charge in [0.25, 0.3) is 0 Å². The number of halogens is 2. The zero-order chi connectivity index (χ0) is 18.9. The van der Waals surface area contributed by atoms with Gasteiger partial charge in [-0.3, -0.25) is 4.99 Å².